The molecule has 0 fully saturated rings. The molecule has 0 saturated carbocycles. The highest BCUT2D eigenvalue weighted by Crippen LogP contribution is 1.86. The minimum Gasteiger partial charge on any atom is -0.459 e. The first-order chi connectivity index (χ1) is 6.20. The van der Waals surface area contributed by atoms with Gasteiger partial charge in [0.25, 0.3) is 0 Å². The first-order valence-electron chi connectivity index (χ1n) is 3.44. The Hall–Kier alpha value is -1.78. The van der Waals surface area contributed by atoms with Crippen molar-refractivity contribution in [1.29, 1.82) is 0 Å². The molecule has 0 amide bonds. The molecule has 5 heteroatoms. The second-order valence-corrected chi connectivity index (χ2v) is 1.75. The summed E-state index contributed by atoms with van der Waals surface area (Å²) in [5.41, 5.74) is 0. The van der Waals surface area contributed by atoms with Gasteiger partial charge in [0.1, 0.15) is 13.2 Å². The monoisotopic (exact) mass is 186 g/mol. The van der Waals surface area contributed by atoms with Gasteiger partial charge in [0.15, 0.2) is 0 Å². The molecular weight excluding hydrogens is 176 g/mol. The lowest BCUT2D eigenvalue weighted by atomic mass is 10.6. The van der Waals surface area contributed by atoms with Crippen LogP contribution >= 0.6 is 0 Å². The number of ether oxygens (including phenoxy) is 3. The summed E-state index contributed by atoms with van der Waals surface area (Å²) in [5.74, 6) is -0.569. The van der Waals surface area contributed by atoms with Crippen LogP contribution in [0.15, 0.2) is 25.5 Å². The summed E-state index contributed by atoms with van der Waals surface area (Å²) in [6, 6.07) is 0. The molecule has 5 nitrogen and oxygen atoms in total. The molecule has 0 atom stereocenters. The van der Waals surface area contributed by atoms with Gasteiger partial charge in [-0.15, -0.1) is 0 Å². The van der Waals surface area contributed by atoms with Crippen LogP contribution in [0.2, 0.25) is 0 Å². The Balaban J connectivity index is 3.35. The predicted molar refractivity (Wildman–Crippen MR) is 43.8 cm³/mol. The Bertz CT molecular complexity index is 209. The molecule has 0 N–H and O–H groups in total. The van der Waals surface area contributed by atoms with E-state index >= 15 is 0 Å². The minimum atomic E-state index is -0.885. The molecule has 0 spiro atoms. The zero-order valence-corrected chi connectivity index (χ0v) is 7.02. The third kappa shape index (κ3) is 6.61. The van der Waals surface area contributed by atoms with Crippen LogP contribution in [-0.4, -0.2) is 25.3 Å². The third-order valence-electron chi connectivity index (χ3n) is 0.894. The highest BCUT2D eigenvalue weighted by Gasteiger charge is 2.01. The van der Waals surface area contributed by atoms with Gasteiger partial charge < -0.3 is 14.2 Å². The zero-order chi connectivity index (χ0) is 10.1. The van der Waals surface area contributed by atoms with Crippen LogP contribution < -0.4 is 0 Å². The molecule has 0 rings (SSSR count). The Kier molecular flexibility index (Phi) is 5.96. The van der Waals surface area contributed by atoms with Gasteiger partial charge in [-0.1, -0.05) is 13.2 Å². The molecule has 0 aromatic carbocycles. The van der Waals surface area contributed by atoms with Crippen LogP contribution in [0.4, 0.5) is 4.79 Å². The van der Waals surface area contributed by atoms with E-state index < -0.39 is 12.1 Å². The summed E-state index contributed by atoms with van der Waals surface area (Å²) >= 11 is 0. The molecule has 0 heterocycles. The Morgan fingerprint density at radius 1 is 1.15 bits per heavy atom. The lowest BCUT2D eigenvalue weighted by Gasteiger charge is -2.02. The summed E-state index contributed by atoms with van der Waals surface area (Å²) in [5, 5.41) is 0. The average molecular weight is 186 g/mol. The SMILES string of the molecule is C=COC(=O)OCCOC(=O)C=C. The fourth-order valence-electron chi connectivity index (χ4n) is 0.428. The maximum absolute atomic E-state index is 10.5. The van der Waals surface area contributed by atoms with E-state index in [1.54, 1.807) is 0 Å². The summed E-state index contributed by atoms with van der Waals surface area (Å²) in [6.45, 7) is 6.24. The van der Waals surface area contributed by atoms with Gasteiger partial charge in [-0.3, -0.25) is 0 Å². The van der Waals surface area contributed by atoms with Gasteiger partial charge in [0.05, 0.1) is 6.26 Å². The van der Waals surface area contributed by atoms with Gasteiger partial charge >= 0.3 is 12.1 Å². The first-order valence-corrected chi connectivity index (χ1v) is 3.44. The van der Waals surface area contributed by atoms with Crippen molar-refractivity contribution in [2.24, 2.45) is 0 Å². The lowest BCUT2D eigenvalue weighted by Crippen LogP contribution is -2.12. The van der Waals surface area contributed by atoms with Crippen molar-refractivity contribution in [2.75, 3.05) is 13.2 Å². The van der Waals surface area contributed by atoms with E-state index in [0.717, 1.165) is 12.3 Å². The van der Waals surface area contributed by atoms with Crippen molar-refractivity contribution in [3.63, 3.8) is 0 Å². The van der Waals surface area contributed by atoms with E-state index in [1.807, 2.05) is 0 Å². The van der Waals surface area contributed by atoms with E-state index in [4.69, 9.17) is 0 Å². The summed E-state index contributed by atoms with van der Waals surface area (Å²) < 4.78 is 13.2. The van der Waals surface area contributed by atoms with Gasteiger partial charge in [-0.25, -0.2) is 9.59 Å². The molecule has 13 heavy (non-hydrogen) atoms. The van der Waals surface area contributed by atoms with Gasteiger partial charge in [0.2, 0.25) is 0 Å². The Labute approximate surface area is 75.6 Å². The molecule has 0 aromatic heterocycles. The highest BCUT2D eigenvalue weighted by molar-refractivity contribution is 5.81. The lowest BCUT2D eigenvalue weighted by molar-refractivity contribution is -0.138. The zero-order valence-electron chi connectivity index (χ0n) is 7.02. The number of carbonyl (C=O) groups excluding carboxylic acids is 2. The quantitative estimate of drug-likeness (QED) is 0.277. The number of rotatable bonds is 5. The van der Waals surface area contributed by atoms with Crippen LogP contribution in [0.3, 0.4) is 0 Å². The topological polar surface area (TPSA) is 61.8 Å². The van der Waals surface area contributed by atoms with E-state index in [1.165, 1.54) is 0 Å². The molecule has 0 aliphatic rings. The van der Waals surface area contributed by atoms with E-state index in [2.05, 4.69) is 27.4 Å². The van der Waals surface area contributed by atoms with Crippen molar-refractivity contribution in [3.05, 3.63) is 25.5 Å². The molecule has 0 aliphatic carbocycles. The van der Waals surface area contributed by atoms with Crippen molar-refractivity contribution >= 4 is 12.1 Å². The van der Waals surface area contributed by atoms with Gasteiger partial charge in [0, 0.05) is 6.08 Å². The number of hydrogen-bond acceptors (Lipinski definition) is 5. The fourth-order valence-corrected chi connectivity index (χ4v) is 0.428. The Morgan fingerprint density at radius 3 is 2.31 bits per heavy atom. The summed E-state index contributed by atoms with van der Waals surface area (Å²) in [7, 11) is 0. The van der Waals surface area contributed by atoms with Crippen LogP contribution in [-0.2, 0) is 19.0 Å². The first kappa shape index (κ1) is 11.2. The maximum Gasteiger partial charge on any atom is 0.513 e. The minimum absolute atomic E-state index is 0.0307. The smallest absolute Gasteiger partial charge is 0.459 e. The Morgan fingerprint density at radius 2 is 1.77 bits per heavy atom. The molecule has 0 aromatic rings. The van der Waals surface area contributed by atoms with Crippen molar-refractivity contribution < 1.29 is 23.8 Å². The number of carbonyl (C=O) groups is 2. The van der Waals surface area contributed by atoms with Crippen molar-refractivity contribution in [3.8, 4) is 0 Å². The third-order valence-corrected chi connectivity index (χ3v) is 0.894. The summed E-state index contributed by atoms with van der Waals surface area (Å²) in [4.78, 5) is 20.9. The number of esters is 1. The standard InChI is InChI=1S/C8H10O5/c1-3-7(9)12-5-6-13-8(10)11-4-2/h3-4H,1-2,5-6H2. The molecular formula is C8H10O5. The van der Waals surface area contributed by atoms with E-state index in [-0.39, 0.29) is 13.2 Å². The molecule has 72 valence electrons. The molecule has 0 bridgehead atoms. The second-order valence-electron chi connectivity index (χ2n) is 1.75. The second kappa shape index (κ2) is 6.90. The van der Waals surface area contributed by atoms with E-state index in [0.29, 0.717) is 0 Å². The predicted octanol–water partition coefficient (Wildman–Crippen LogP) is 1.01. The van der Waals surface area contributed by atoms with Crippen LogP contribution in [0, 0.1) is 0 Å². The molecule has 0 aliphatic heterocycles. The fraction of sp³-hybridized carbons (Fsp3) is 0.250. The van der Waals surface area contributed by atoms with Crippen molar-refractivity contribution in [1.82, 2.24) is 0 Å². The van der Waals surface area contributed by atoms with Crippen LogP contribution in [0.5, 0.6) is 0 Å². The maximum atomic E-state index is 10.5. The largest absolute Gasteiger partial charge is 0.513 e. The molecule has 0 unspecified atom stereocenters. The van der Waals surface area contributed by atoms with E-state index in [9.17, 15) is 9.59 Å². The summed E-state index contributed by atoms with van der Waals surface area (Å²) in [6.07, 6.45) is 1.07. The normalized spacial score (nSPS) is 8.31. The van der Waals surface area contributed by atoms with Crippen LogP contribution in [0.25, 0.3) is 0 Å². The average Bonchev–Trinajstić information content (AvgIpc) is 2.12. The van der Waals surface area contributed by atoms with Crippen molar-refractivity contribution in [2.45, 2.75) is 0 Å². The van der Waals surface area contributed by atoms with Crippen LogP contribution in [0.1, 0.15) is 0 Å². The van der Waals surface area contributed by atoms with Gasteiger partial charge in [-0.2, -0.15) is 0 Å². The molecule has 0 radical (unpaired) electrons. The van der Waals surface area contributed by atoms with Gasteiger partial charge in [-0.05, 0) is 0 Å². The number of hydrogen-bond donors (Lipinski definition) is 0. The molecule has 0 saturated heterocycles. The highest BCUT2D eigenvalue weighted by atomic mass is 16.7.